The van der Waals surface area contributed by atoms with Crippen molar-refractivity contribution in [2.24, 2.45) is 0 Å². The Bertz CT molecular complexity index is 1100. The molecule has 3 rings (SSSR count). The van der Waals surface area contributed by atoms with E-state index in [-0.39, 0.29) is 23.3 Å². The molecule has 2 aromatic rings. The van der Waals surface area contributed by atoms with Crippen molar-refractivity contribution in [1.82, 2.24) is 4.90 Å². The van der Waals surface area contributed by atoms with Crippen LogP contribution in [0.25, 0.3) is 6.08 Å². The molecule has 0 saturated carbocycles. The van der Waals surface area contributed by atoms with E-state index in [0.717, 1.165) is 16.7 Å². The van der Waals surface area contributed by atoms with E-state index in [1.54, 1.807) is 36.4 Å². The first kappa shape index (κ1) is 22.6. The predicted molar refractivity (Wildman–Crippen MR) is 123 cm³/mol. The zero-order chi connectivity index (χ0) is 21.8. The van der Waals surface area contributed by atoms with Gasteiger partial charge in [0.05, 0.1) is 23.0 Å². The maximum absolute atomic E-state index is 12.8. The van der Waals surface area contributed by atoms with E-state index in [1.807, 2.05) is 0 Å². The largest absolute Gasteiger partial charge is 0.493 e. The summed E-state index contributed by atoms with van der Waals surface area (Å²) in [6.07, 6.45) is 6.86. The Labute approximate surface area is 196 Å². The molecule has 1 aliphatic heterocycles. The van der Waals surface area contributed by atoms with Crippen molar-refractivity contribution in [2.45, 2.75) is 6.54 Å². The first-order valence-corrected chi connectivity index (χ1v) is 10.8. The van der Waals surface area contributed by atoms with Gasteiger partial charge in [-0.3, -0.25) is 14.5 Å². The molecule has 0 aromatic heterocycles. The molecule has 1 saturated heterocycles. The molecule has 0 bridgehead atoms. The minimum Gasteiger partial charge on any atom is -0.493 e. The second-order valence-corrected chi connectivity index (χ2v) is 8.72. The molecule has 0 aliphatic carbocycles. The maximum atomic E-state index is 12.8. The quantitative estimate of drug-likeness (QED) is 0.340. The van der Waals surface area contributed by atoms with E-state index < -0.39 is 5.91 Å². The summed E-state index contributed by atoms with van der Waals surface area (Å²) in [4.78, 5) is 26.7. The Kier molecular flexibility index (Phi) is 7.37. The molecule has 2 amide bonds. The molecule has 0 radical (unpaired) electrons. The van der Waals surface area contributed by atoms with Crippen LogP contribution in [0.2, 0.25) is 10.0 Å². The summed E-state index contributed by atoms with van der Waals surface area (Å²) in [5.41, 5.74) is 1.28. The number of terminal acetylenes is 1. The van der Waals surface area contributed by atoms with Crippen LogP contribution in [-0.4, -0.2) is 29.8 Å². The lowest BCUT2D eigenvalue weighted by Crippen LogP contribution is -2.27. The highest BCUT2D eigenvalue weighted by Crippen LogP contribution is 2.39. The van der Waals surface area contributed by atoms with E-state index >= 15 is 0 Å². The number of rotatable bonds is 6. The van der Waals surface area contributed by atoms with Gasteiger partial charge < -0.3 is 9.47 Å². The number of benzene rings is 2. The number of ether oxygens (including phenoxy) is 2. The van der Waals surface area contributed by atoms with Crippen molar-refractivity contribution in [3.8, 4) is 23.8 Å². The average molecular weight is 527 g/mol. The molecule has 0 unspecified atom stereocenters. The summed E-state index contributed by atoms with van der Waals surface area (Å²) >= 11 is 16.4. The summed E-state index contributed by atoms with van der Waals surface area (Å²) in [5.74, 6) is 2.89. The van der Waals surface area contributed by atoms with Gasteiger partial charge in [0.2, 0.25) is 0 Å². The highest BCUT2D eigenvalue weighted by atomic mass is 79.9. The Morgan fingerprint density at radius 3 is 2.70 bits per heavy atom. The van der Waals surface area contributed by atoms with Crippen molar-refractivity contribution < 1.29 is 19.1 Å². The Morgan fingerprint density at radius 2 is 2.03 bits per heavy atom. The van der Waals surface area contributed by atoms with Crippen LogP contribution in [-0.2, 0) is 11.3 Å². The summed E-state index contributed by atoms with van der Waals surface area (Å²) in [6.45, 7) is 0.143. The third kappa shape index (κ3) is 4.96. The molecule has 2 aromatic carbocycles. The summed E-state index contributed by atoms with van der Waals surface area (Å²) in [6, 6.07) is 8.36. The van der Waals surface area contributed by atoms with Crippen molar-refractivity contribution >= 4 is 68.1 Å². The number of nitrogens with zero attached hydrogens (tertiary/aromatic N) is 1. The van der Waals surface area contributed by atoms with E-state index in [1.165, 1.54) is 7.11 Å². The number of carbonyl (C=O) groups excluding carboxylic acids is 2. The van der Waals surface area contributed by atoms with Crippen molar-refractivity contribution in [1.29, 1.82) is 0 Å². The van der Waals surface area contributed by atoms with E-state index in [0.29, 0.717) is 37.1 Å². The molecule has 9 heteroatoms. The van der Waals surface area contributed by atoms with E-state index in [4.69, 9.17) is 39.1 Å². The normalized spacial score (nSPS) is 14.9. The monoisotopic (exact) mass is 525 g/mol. The minimum atomic E-state index is -0.404. The SMILES string of the molecule is C#CCOc1c(Br)cc(/C=C2\SC(=O)N(Cc3ccc(Cl)cc3Cl)C2=O)cc1OC. The van der Waals surface area contributed by atoms with Crippen LogP contribution in [0.4, 0.5) is 4.79 Å². The molecule has 30 heavy (non-hydrogen) atoms. The average Bonchev–Trinajstić information content (AvgIpc) is 2.96. The maximum Gasteiger partial charge on any atom is 0.293 e. The molecule has 1 aliphatic rings. The molecular formula is C21H14BrCl2NO4S. The van der Waals surface area contributed by atoms with Gasteiger partial charge in [0, 0.05) is 10.0 Å². The van der Waals surface area contributed by atoms with Gasteiger partial charge in [-0.1, -0.05) is 35.2 Å². The lowest BCUT2D eigenvalue weighted by molar-refractivity contribution is -0.123. The number of methoxy groups -OCH3 is 1. The second-order valence-electron chi connectivity index (χ2n) is 6.03. The van der Waals surface area contributed by atoms with Crippen molar-refractivity contribution in [2.75, 3.05) is 13.7 Å². The molecule has 5 nitrogen and oxygen atoms in total. The summed E-state index contributed by atoms with van der Waals surface area (Å²) in [5, 5.41) is 0.492. The number of carbonyl (C=O) groups is 2. The number of thioether (sulfide) groups is 1. The first-order valence-electron chi connectivity index (χ1n) is 8.47. The van der Waals surface area contributed by atoms with Crippen LogP contribution >= 0.6 is 50.9 Å². The highest BCUT2D eigenvalue weighted by Gasteiger charge is 2.35. The fourth-order valence-electron chi connectivity index (χ4n) is 2.68. The van der Waals surface area contributed by atoms with Gasteiger partial charge in [0.25, 0.3) is 11.1 Å². The molecular weight excluding hydrogens is 513 g/mol. The zero-order valence-corrected chi connectivity index (χ0v) is 19.5. The van der Waals surface area contributed by atoms with Gasteiger partial charge in [-0.25, -0.2) is 0 Å². The fraction of sp³-hybridized carbons (Fsp3) is 0.143. The lowest BCUT2D eigenvalue weighted by Gasteiger charge is -2.14. The molecule has 0 atom stereocenters. The van der Waals surface area contributed by atoms with E-state index in [2.05, 4.69) is 21.9 Å². The van der Waals surface area contributed by atoms with Gasteiger partial charge in [-0.05, 0) is 69.2 Å². The van der Waals surface area contributed by atoms with Gasteiger partial charge in [-0.15, -0.1) is 6.42 Å². The molecule has 154 valence electrons. The minimum absolute atomic E-state index is 0.0594. The van der Waals surface area contributed by atoms with Gasteiger partial charge in [0.1, 0.15) is 6.61 Å². The zero-order valence-electron chi connectivity index (χ0n) is 15.6. The van der Waals surface area contributed by atoms with Crippen LogP contribution in [0, 0.1) is 12.3 Å². The van der Waals surface area contributed by atoms with Crippen LogP contribution in [0.5, 0.6) is 11.5 Å². The van der Waals surface area contributed by atoms with E-state index in [9.17, 15) is 9.59 Å². The van der Waals surface area contributed by atoms with Gasteiger partial charge >= 0.3 is 0 Å². The number of amides is 2. The van der Waals surface area contributed by atoms with Crippen LogP contribution in [0.3, 0.4) is 0 Å². The predicted octanol–water partition coefficient (Wildman–Crippen LogP) is 6.01. The second kappa shape index (κ2) is 9.80. The lowest BCUT2D eigenvalue weighted by atomic mass is 10.1. The highest BCUT2D eigenvalue weighted by molar-refractivity contribution is 9.10. The van der Waals surface area contributed by atoms with Gasteiger partial charge in [0.15, 0.2) is 11.5 Å². The summed E-state index contributed by atoms with van der Waals surface area (Å²) < 4.78 is 11.4. The number of imide groups is 1. The Hall–Kier alpha value is -2.11. The van der Waals surface area contributed by atoms with Gasteiger partial charge in [-0.2, -0.15) is 0 Å². The topological polar surface area (TPSA) is 55.8 Å². The molecule has 1 fully saturated rings. The number of hydrogen-bond acceptors (Lipinski definition) is 5. The third-order valence-corrected chi connectivity index (χ3v) is 6.15. The van der Waals surface area contributed by atoms with Crippen molar-refractivity contribution in [3.05, 3.63) is 60.9 Å². The number of hydrogen-bond donors (Lipinski definition) is 0. The molecule has 0 spiro atoms. The smallest absolute Gasteiger partial charge is 0.293 e. The fourth-order valence-corrected chi connectivity index (χ4v) is 4.57. The van der Waals surface area contributed by atoms with Crippen molar-refractivity contribution in [3.63, 3.8) is 0 Å². The standard InChI is InChI=1S/C21H14BrCl2NO4S/c1-3-6-29-19-15(22)7-12(8-17(19)28-2)9-18-20(26)25(21(27)30-18)11-13-4-5-14(23)10-16(13)24/h1,4-5,7-10H,6,11H2,2H3/b18-9-. The van der Waals surface area contributed by atoms with Crippen LogP contribution in [0.15, 0.2) is 39.7 Å². The molecule has 0 N–H and O–H groups in total. The Morgan fingerprint density at radius 1 is 1.27 bits per heavy atom. The van der Waals surface area contributed by atoms with Crippen LogP contribution in [0.1, 0.15) is 11.1 Å². The summed E-state index contributed by atoms with van der Waals surface area (Å²) in [7, 11) is 1.50. The number of halogens is 3. The first-order chi connectivity index (χ1) is 14.3. The Balaban J connectivity index is 1.86. The third-order valence-electron chi connectivity index (χ3n) is 4.07. The molecule has 1 heterocycles. The van der Waals surface area contributed by atoms with Crippen LogP contribution < -0.4 is 9.47 Å².